The third kappa shape index (κ3) is 4.09. The second-order valence-corrected chi connectivity index (χ2v) is 7.73. The van der Waals surface area contributed by atoms with Crippen LogP contribution in [0, 0.1) is 11.6 Å². The Bertz CT molecular complexity index is 1360. The van der Waals surface area contributed by atoms with E-state index >= 15 is 4.39 Å². The van der Waals surface area contributed by atoms with E-state index in [0.717, 1.165) is 6.07 Å². The van der Waals surface area contributed by atoms with Crippen LogP contribution < -0.4 is 5.32 Å². The average molecular weight is 497 g/mol. The third-order valence-corrected chi connectivity index (χ3v) is 5.29. The number of carbonyl (C=O) groups is 2. The number of aromatic nitrogens is 1. The average Bonchev–Trinajstić information content (AvgIpc) is 2.80. The maximum Gasteiger partial charge on any atom is 0.337 e. The highest BCUT2D eigenvalue weighted by Crippen LogP contribution is 2.31. The van der Waals surface area contributed by atoms with Crippen LogP contribution in [0.2, 0.25) is 0 Å². The summed E-state index contributed by atoms with van der Waals surface area (Å²) in [5.41, 5.74) is 0.415. The van der Waals surface area contributed by atoms with E-state index in [4.69, 9.17) is 0 Å². The molecule has 0 spiro atoms. The molecule has 0 bridgehead atoms. The minimum Gasteiger partial charge on any atom is -0.465 e. The molecule has 0 aliphatic rings. The number of nitrogens with one attached hydrogen (secondary N) is 1. The van der Waals surface area contributed by atoms with Gasteiger partial charge in [0.2, 0.25) is 0 Å². The molecule has 0 saturated carbocycles. The number of hydrogen-bond acceptors (Lipinski definition) is 4. The summed E-state index contributed by atoms with van der Waals surface area (Å²) in [6, 6.07) is 17.1. The van der Waals surface area contributed by atoms with Gasteiger partial charge in [-0.05, 0) is 36.4 Å². The molecule has 4 rings (SSSR count). The number of amides is 1. The molecule has 0 radical (unpaired) electrons. The molecular formula is C24H15BrF2N2O3. The van der Waals surface area contributed by atoms with Crippen molar-refractivity contribution in [3.05, 3.63) is 94.0 Å². The number of anilines is 1. The van der Waals surface area contributed by atoms with E-state index in [9.17, 15) is 14.0 Å². The summed E-state index contributed by atoms with van der Waals surface area (Å²) in [6.07, 6.45) is 0. The summed E-state index contributed by atoms with van der Waals surface area (Å²) in [5, 5.41) is 2.66. The molecule has 160 valence electrons. The van der Waals surface area contributed by atoms with Gasteiger partial charge >= 0.3 is 5.97 Å². The Balaban J connectivity index is 1.82. The van der Waals surface area contributed by atoms with Gasteiger partial charge in [-0.1, -0.05) is 46.3 Å². The Morgan fingerprint density at radius 2 is 1.75 bits per heavy atom. The number of esters is 1. The smallest absolute Gasteiger partial charge is 0.337 e. The molecule has 0 fully saturated rings. The lowest BCUT2D eigenvalue weighted by atomic mass is 10.0. The molecule has 0 aliphatic heterocycles. The monoisotopic (exact) mass is 496 g/mol. The third-order valence-electron chi connectivity index (χ3n) is 4.80. The number of hydrogen-bond donors (Lipinski definition) is 1. The molecule has 32 heavy (non-hydrogen) atoms. The first kappa shape index (κ1) is 21.6. The quantitative estimate of drug-likeness (QED) is 0.352. The highest BCUT2D eigenvalue weighted by molar-refractivity contribution is 9.10. The fourth-order valence-corrected chi connectivity index (χ4v) is 3.63. The van der Waals surface area contributed by atoms with Crippen LogP contribution in [0.15, 0.2) is 71.2 Å². The van der Waals surface area contributed by atoms with Crippen LogP contribution in [-0.2, 0) is 4.74 Å². The molecule has 0 saturated heterocycles. The minimum atomic E-state index is -0.857. The molecule has 1 N–H and O–H groups in total. The summed E-state index contributed by atoms with van der Waals surface area (Å²) in [7, 11) is 1.18. The van der Waals surface area contributed by atoms with E-state index in [1.807, 2.05) is 0 Å². The maximum atomic E-state index is 15.6. The second kappa shape index (κ2) is 8.84. The van der Waals surface area contributed by atoms with Crippen LogP contribution in [0.25, 0.3) is 22.2 Å². The van der Waals surface area contributed by atoms with Crippen LogP contribution in [0.5, 0.6) is 0 Å². The van der Waals surface area contributed by atoms with E-state index in [-0.39, 0.29) is 27.9 Å². The van der Waals surface area contributed by atoms with Gasteiger partial charge in [0.1, 0.15) is 11.5 Å². The van der Waals surface area contributed by atoms with Gasteiger partial charge in [-0.15, -0.1) is 0 Å². The Hall–Kier alpha value is -3.65. The molecular weight excluding hydrogens is 482 g/mol. The Kier molecular flexibility index (Phi) is 5.96. The minimum absolute atomic E-state index is 0.00656. The van der Waals surface area contributed by atoms with Crippen LogP contribution in [-0.4, -0.2) is 24.0 Å². The van der Waals surface area contributed by atoms with Gasteiger partial charge in [-0.3, -0.25) is 4.79 Å². The van der Waals surface area contributed by atoms with Crippen molar-refractivity contribution in [3.63, 3.8) is 0 Å². The second-order valence-electron chi connectivity index (χ2n) is 6.82. The van der Waals surface area contributed by atoms with Crippen molar-refractivity contribution in [2.24, 2.45) is 0 Å². The number of carbonyl (C=O) groups excluding carboxylic acids is 2. The van der Waals surface area contributed by atoms with Crippen LogP contribution in [0.4, 0.5) is 14.5 Å². The summed E-state index contributed by atoms with van der Waals surface area (Å²) in [4.78, 5) is 29.1. The number of pyridine rings is 1. The number of nitrogens with zero attached hydrogens (tertiary/aromatic N) is 1. The van der Waals surface area contributed by atoms with Crippen molar-refractivity contribution in [1.29, 1.82) is 0 Å². The standard InChI is InChI=1S/C24H15BrF2N2O3/c1-32-24(31)14-7-9-19(17(26)11-14)29-23(30)20-16-12-15(25)8-10-18(16)28-22(21(20)27)13-5-3-2-4-6-13/h2-12H,1H3,(H,29,30). The van der Waals surface area contributed by atoms with E-state index in [1.165, 1.54) is 19.2 Å². The fraction of sp³-hybridized carbons (Fsp3) is 0.0417. The maximum absolute atomic E-state index is 15.6. The number of benzene rings is 3. The zero-order valence-corrected chi connectivity index (χ0v) is 18.2. The lowest BCUT2D eigenvalue weighted by molar-refractivity contribution is 0.0600. The van der Waals surface area contributed by atoms with Crippen molar-refractivity contribution in [3.8, 4) is 11.3 Å². The van der Waals surface area contributed by atoms with Crippen LogP contribution in [0.1, 0.15) is 20.7 Å². The van der Waals surface area contributed by atoms with Gasteiger partial charge in [0.25, 0.3) is 5.91 Å². The fourth-order valence-electron chi connectivity index (χ4n) is 3.27. The number of fused-ring (bicyclic) bond motifs is 1. The zero-order valence-electron chi connectivity index (χ0n) is 16.7. The normalized spacial score (nSPS) is 10.8. The largest absolute Gasteiger partial charge is 0.465 e. The summed E-state index contributed by atoms with van der Waals surface area (Å²) < 4.78 is 35.3. The molecule has 0 unspecified atom stereocenters. The highest BCUT2D eigenvalue weighted by Gasteiger charge is 2.23. The van der Waals surface area contributed by atoms with Crippen molar-refractivity contribution in [2.45, 2.75) is 0 Å². The van der Waals surface area contributed by atoms with Gasteiger partial charge in [0.15, 0.2) is 5.82 Å². The molecule has 0 aliphatic carbocycles. The Morgan fingerprint density at radius 3 is 2.44 bits per heavy atom. The zero-order chi connectivity index (χ0) is 22.8. The van der Waals surface area contributed by atoms with E-state index in [0.29, 0.717) is 15.6 Å². The number of ether oxygens (including phenoxy) is 1. The van der Waals surface area contributed by atoms with Crippen LogP contribution >= 0.6 is 15.9 Å². The molecule has 4 aromatic rings. The molecule has 1 amide bonds. The summed E-state index contributed by atoms with van der Waals surface area (Å²) in [5.74, 6) is -3.25. The first-order valence-electron chi connectivity index (χ1n) is 9.42. The van der Waals surface area contributed by atoms with E-state index in [1.54, 1.807) is 48.5 Å². The lowest BCUT2D eigenvalue weighted by Crippen LogP contribution is -2.17. The van der Waals surface area contributed by atoms with Gasteiger partial charge < -0.3 is 10.1 Å². The summed E-state index contributed by atoms with van der Waals surface area (Å²) in [6.45, 7) is 0. The van der Waals surface area contributed by atoms with Gasteiger partial charge in [0, 0.05) is 15.4 Å². The molecule has 5 nitrogen and oxygen atoms in total. The molecule has 8 heteroatoms. The number of rotatable bonds is 4. The Morgan fingerprint density at radius 1 is 1.00 bits per heavy atom. The predicted octanol–water partition coefficient (Wildman–Crippen LogP) is 5.98. The SMILES string of the molecule is COC(=O)c1ccc(NC(=O)c2c(F)c(-c3ccccc3)nc3ccc(Br)cc23)c(F)c1. The van der Waals surface area contributed by atoms with E-state index < -0.39 is 23.5 Å². The number of halogens is 3. The van der Waals surface area contributed by atoms with Crippen LogP contribution in [0.3, 0.4) is 0 Å². The first-order valence-corrected chi connectivity index (χ1v) is 10.2. The van der Waals surface area contributed by atoms with Gasteiger partial charge in [-0.2, -0.15) is 0 Å². The summed E-state index contributed by atoms with van der Waals surface area (Å²) >= 11 is 3.32. The highest BCUT2D eigenvalue weighted by atomic mass is 79.9. The van der Waals surface area contributed by atoms with Crippen molar-refractivity contribution < 1.29 is 23.1 Å². The Labute approximate surface area is 190 Å². The molecule has 1 heterocycles. The molecule has 0 atom stereocenters. The van der Waals surface area contributed by atoms with Gasteiger partial charge in [0.05, 0.1) is 29.4 Å². The number of methoxy groups -OCH3 is 1. The van der Waals surface area contributed by atoms with E-state index in [2.05, 4.69) is 31.0 Å². The van der Waals surface area contributed by atoms with Gasteiger partial charge in [-0.25, -0.2) is 18.6 Å². The first-order chi connectivity index (χ1) is 15.4. The van der Waals surface area contributed by atoms with Crippen molar-refractivity contribution >= 4 is 44.4 Å². The predicted molar refractivity (Wildman–Crippen MR) is 121 cm³/mol. The van der Waals surface area contributed by atoms with Crippen molar-refractivity contribution in [1.82, 2.24) is 4.98 Å². The lowest BCUT2D eigenvalue weighted by Gasteiger charge is -2.13. The van der Waals surface area contributed by atoms with Crippen molar-refractivity contribution in [2.75, 3.05) is 12.4 Å². The molecule has 3 aromatic carbocycles. The molecule has 1 aromatic heterocycles. The topological polar surface area (TPSA) is 68.3 Å².